The van der Waals surface area contributed by atoms with Gasteiger partial charge in [0.1, 0.15) is 11.8 Å². The Morgan fingerprint density at radius 2 is 2.12 bits per heavy atom. The van der Waals surface area contributed by atoms with Gasteiger partial charge in [-0.1, -0.05) is 15.9 Å². The molecule has 0 spiro atoms. The molecule has 0 aliphatic heterocycles. The molecule has 0 fully saturated rings. The van der Waals surface area contributed by atoms with Crippen LogP contribution >= 0.6 is 15.9 Å². The van der Waals surface area contributed by atoms with Crippen molar-refractivity contribution < 1.29 is 8.78 Å². The van der Waals surface area contributed by atoms with Crippen molar-refractivity contribution in [3.05, 3.63) is 28.6 Å². The zero-order valence-corrected chi connectivity index (χ0v) is 9.63. The van der Waals surface area contributed by atoms with E-state index in [1.54, 1.807) is 6.07 Å². The SMILES string of the molecule is N#CCc1cc(C(F)F)c(C#N)nc1CBr. The van der Waals surface area contributed by atoms with E-state index >= 15 is 0 Å². The van der Waals surface area contributed by atoms with E-state index in [9.17, 15) is 8.78 Å². The second kappa shape index (κ2) is 5.53. The molecule has 0 radical (unpaired) electrons. The summed E-state index contributed by atoms with van der Waals surface area (Å²) in [6, 6.07) is 4.68. The number of pyridine rings is 1. The monoisotopic (exact) mass is 285 g/mol. The maximum atomic E-state index is 12.6. The fourth-order valence-electron chi connectivity index (χ4n) is 1.22. The number of nitrogens with zero attached hydrogens (tertiary/aromatic N) is 3. The van der Waals surface area contributed by atoms with Gasteiger partial charge in [-0.2, -0.15) is 10.5 Å². The Labute approximate surface area is 99.5 Å². The first-order valence-electron chi connectivity index (χ1n) is 4.27. The molecule has 1 heterocycles. The average Bonchev–Trinajstić information content (AvgIpc) is 2.28. The number of halogens is 3. The van der Waals surface area contributed by atoms with Crippen LogP contribution in [0.4, 0.5) is 8.78 Å². The number of aromatic nitrogens is 1. The molecule has 0 aliphatic rings. The van der Waals surface area contributed by atoms with Crippen LogP contribution in [0.15, 0.2) is 6.07 Å². The Hall–Kier alpha value is -1.53. The minimum atomic E-state index is -2.76. The molecule has 82 valence electrons. The lowest BCUT2D eigenvalue weighted by atomic mass is 10.1. The largest absolute Gasteiger partial charge is 0.266 e. The Morgan fingerprint density at radius 1 is 1.44 bits per heavy atom. The highest BCUT2D eigenvalue weighted by Crippen LogP contribution is 2.25. The molecule has 0 aliphatic carbocycles. The van der Waals surface area contributed by atoms with Crippen LogP contribution in [-0.4, -0.2) is 4.98 Å². The summed E-state index contributed by atoms with van der Waals surface area (Å²) < 4.78 is 25.2. The first-order valence-corrected chi connectivity index (χ1v) is 5.40. The molecule has 0 saturated carbocycles. The van der Waals surface area contributed by atoms with Gasteiger partial charge in [-0.3, -0.25) is 0 Å². The van der Waals surface area contributed by atoms with E-state index in [4.69, 9.17) is 10.5 Å². The van der Waals surface area contributed by atoms with Gasteiger partial charge in [-0.15, -0.1) is 0 Å². The highest BCUT2D eigenvalue weighted by Gasteiger charge is 2.17. The van der Waals surface area contributed by atoms with Crippen molar-refractivity contribution in [2.75, 3.05) is 0 Å². The first-order chi connectivity index (χ1) is 7.63. The van der Waals surface area contributed by atoms with Gasteiger partial charge in [-0.25, -0.2) is 13.8 Å². The molecule has 0 amide bonds. The average molecular weight is 286 g/mol. The number of hydrogen-bond acceptors (Lipinski definition) is 3. The molecule has 16 heavy (non-hydrogen) atoms. The summed E-state index contributed by atoms with van der Waals surface area (Å²) in [5.41, 5.74) is 0.166. The van der Waals surface area contributed by atoms with Gasteiger partial charge in [0.15, 0.2) is 0 Å². The van der Waals surface area contributed by atoms with E-state index in [1.807, 2.05) is 6.07 Å². The van der Waals surface area contributed by atoms with Crippen LogP contribution in [0.25, 0.3) is 0 Å². The van der Waals surface area contributed by atoms with Crippen molar-refractivity contribution in [1.82, 2.24) is 4.98 Å². The van der Waals surface area contributed by atoms with Crippen LogP contribution in [-0.2, 0) is 11.8 Å². The molecule has 0 N–H and O–H groups in total. The summed E-state index contributed by atoms with van der Waals surface area (Å²) in [6.45, 7) is 0. The molecule has 6 heteroatoms. The summed E-state index contributed by atoms with van der Waals surface area (Å²) in [7, 11) is 0. The van der Waals surface area contributed by atoms with Crippen molar-refractivity contribution in [1.29, 1.82) is 10.5 Å². The highest BCUT2D eigenvalue weighted by molar-refractivity contribution is 9.08. The lowest BCUT2D eigenvalue weighted by Crippen LogP contribution is -2.03. The molecule has 3 nitrogen and oxygen atoms in total. The molecule has 0 unspecified atom stereocenters. The Morgan fingerprint density at radius 3 is 2.56 bits per heavy atom. The maximum absolute atomic E-state index is 12.6. The molecular formula is C10H6BrF2N3. The summed E-state index contributed by atoms with van der Waals surface area (Å²) in [6.07, 6.45) is -2.76. The van der Waals surface area contributed by atoms with Crippen LogP contribution in [0.5, 0.6) is 0 Å². The summed E-state index contributed by atoms with van der Waals surface area (Å²) in [5, 5.41) is 17.6. The van der Waals surface area contributed by atoms with Crippen LogP contribution in [0, 0.1) is 22.7 Å². The topological polar surface area (TPSA) is 60.5 Å². The van der Waals surface area contributed by atoms with Crippen LogP contribution in [0.2, 0.25) is 0 Å². The van der Waals surface area contributed by atoms with Crippen molar-refractivity contribution in [2.45, 2.75) is 18.2 Å². The normalized spacial score (nSPS) is 9.88. The summed E-state index contributed by atoms with van der Waals surface area (Å²) in [4.78, 5) is 3.81. The number of rotatable bonds is 3. The van der Waals surface area contributed by atoms with Crippen molar-refractivity contribution in [3.63, 3.8) is 0 Å². The van der Waals surface area contributed by atoms with E-state index in [-0.39, 0.29) is 12.1 Å². The van der Waals surface area contributed by atoms with Gasteiger partial charge in [0.2, 0.25) is 0 Å². The minimum absolute atomic E-state index is 0.000633. The zero-order valence-electron chi connectivity index (χ0n) is 8.04. The molecular weight excluding hydrogens is 280 g/mol. The second-order valence-corrected chi connectivity index (χ2v) is 3.47. The van der Waals surface area contributed by atoms with Crippen LogP contribution in [0.3, 0.4) is 0 Å². The lowest BCUT2D eigenvalue weighted by molar-refractivity contribution is 0.150. The molecule has 0 saturated heterocycles. The van der Waals surface area contributed by atoms with Crippen LogP contribution < -0.4 is 0 Å². The zero-order chi connectivity index (χ0) is 12.1. The van der Waals surface area contributed by atoms with Gasteiger partial charge < -0.3 is 0 Å². The predicted molar refractivity (Wildman–Crippen MR) is 55.9 cm³/mol. The quantitative estimate of drug-likeness (QED) is 0.803. The predicted octanol–water partition coefficient (Wildman–Crippen LogP) is 2.85. The molecule has 1 aromatic heterocycles. The van der Waals surface area contributed by atoms with E-state index in [1.165, 1.54) is 6.07 Å². The molecule has 0 aromatic carbocycles. The summed E-state index contributed by atoms with van der Waals surface area (Å²) >= 11 is 3.13. The summed E-state index contributed by atoms with van der Waals surface area (Å²) in [5.74, 6) is 0. The van der Waals surface area contributed by atoms with E-state index < -0.39 is 12.0 Å². The van der Waals surface area contributed by atoms with Crippen molar-refractivity contribution in [3.8, 4) is 12.1 Å². The highest BCUT2D eigenvalue weighted by atomic mass is 79.9. The van der Waals surface area contributed by atoms with Gasteiger partial charge in [0.05, 0.1) is 23.7 Å². The fraction of sp³-hybridized carbons (Fsp3) is 0.300. The van der Waals surface area contributed by atoms with Crippen molar-refractivity contribution >= 4 is 15.9 Å². The van der Waals surface area contributed by atoms with E-state index in [0.717, 1.165) is 0 Å². The second-order valence-electron chi connectivity index (χ2n) is 2.91. The lowest BCUT2D eigenvalue weighted by Gasteiger charge is -2.08. The third kappa shape index (κ3) is 2.53. The van der Waals surface area contributed by atoms with Crippen molar-refractivity contribution in [2.24, 2.45) is 0 Å². The minimum Gasteiger partial charge on any atom is -0.240 e. The fourth-order valence-corrected chi connectivity index (χ4v) is 1.71. The maximum Gasteiger partial charge on any atom is 0.266 e. The van der Waals surface area contributed by atoms with Gasteiger partial charge in [0, 0.05) is 5.33 Å². The van der Waals surface area contributed by atoms with E-state index in [2.05, 4.69) is 20.9 Å². The number of hydrogen-bond donors (Lipinski definition) is 0. The Balaban J connectivity index is 3.37. The molecule has 0 atom stereocenters. The first kappa shape index (κ1) is 12.5. The third-order valence-corrected chi connectivity index (χ3v) is 2.49. The molecule has 1 aromatic rings. The van der Waals surface area contributed by atoms with E-state index in [0.29, 0.717) is 16.6 Å². The smallest absolute Gasteiger partial charge is 0.240 e. The van der Waals surface area contributed by atoms with Gasteiger partial charge in [-0.05, 0) is 11.6 Å². The number of nitriles is 2. The Bertz CT molecular complexity index is 474. The number of alkyl halides is 3. The van der Waals surface area contributed by atoms with Gasteiger partial charge >= 0.3 is 0 Å². The Kier molecular flexibility index (Phi) is 4.33. The standard InChI is InChI=1S/C10H6BrF2N3/c11-4-8-6(1-2-14)3-7(10(12)13)9(5-15)16-8/h3,10H,1,4H2. The third-order valence-electron chi connectivity index (χ3n) is 1.96. The molecule has 1 rings (SSSR count). The molecule has 0 bridgehead atoms. The van der Waals surface area contributed by atoms with Gasteiger partial charge in [0.25, 0.3) is 6.43 Å². The van der Waals surface area contributed by atoms with Crippen LogP contribution in [0.1, 0.15) is 28.9 Å².